The van der Waals surface area contributed by atoms with E-state index < -0.39 is 0 Å². The molecule has 2 aliphatic carbocycles. The summed E-state index contributed by atoms with van der Waals surface area (Å²) in [6, 6.07) is 0.364. The van der Waals surface area contributed by atoms with Crippen molar-refractivity contribution >= 4 is 0 Å². The van der Waals surface area contributed by atoms with Crippen LogP contribution < -0.4 is 11.3 Å². The zero-order chi connectivity index (χ0) is 13.5. The number of ether oxygens (including phenoxy) is 1. The number of rotatable bonds is 6. The first-order valence-electron chi connectivity index (χ1n) is 8.44. The molecule has 2 rings (SSSR count). The molecule has 19 heavy (non-hydrogen) atoms. The minimum absolute atomic E-state index is 0.332. The molecule has 0 saturated heterocycles. The van der Waals surface area contributed by atoms with Gasteiger partial charge in [-0.2, -0.15) is 0 Å². The minimum atomic E-state index is 0.332. The average molecular weight is 268 g/mol. The molecule has 2 unspecified atom stereocenters. The summed E-state index contributed by atoms with van der Waals surface area (Å²) >= 11 is 0. The van der Waals surface area contributed by atoms with Gasteiger partial charge in [-0.1, -0.05) is 38.5 Å². The summed E-state index contributed by atoms with van der Waals surface area (Å²) in [7, 11) is 0. The van der Waals surface area contributed by atoms with Crippen LogP contribution in [0.5, 0.6) is 0 Å². The summed E-state index contributed by atoms with van der Waals surface area (Å²) in [5.74, 6) is 7.35. The Hall–Kier alpha value is -0.120. The molecule has 2 aliphatic rings. The monoisotopic (exact) mass is 268 g/mol. The molecular formula is C16H32N2O. The van der Waals surface area contributed by atoms with E-state index in [4.69, 9.17) is 10.6 Å². The first-order valence-corrected chi connectivity index (χ1v) is 8.44. The number of hydrogen-bond donors (Lipinski definition) is 2. The molecular weight excluding hydrogens is 236 g/mol. The van der Waals surface area contributed by atoms with Crippen LogP contribution in [-0.4, -0.2) is 18.8 Å². The highest BCUT2D eigenvalue weighted by molar-refractivity contribution is 4.89. The van der Waals surface area contributed by atoms with Crippen LogP contribution in [0.25, 0.3) is 0 Å². The lowest BCUT2D eigenvalue weighted by atomic mass is 9.75. The van der Waals surface area contributed by atoms with Crippen LogP contribution in [0.15, 0.2) is 0 Å². The van der Waals surface area contributed by atoms with Crippen LogP contribution in [0.2, 0.25) is 0 Å². The van der Waals surface area contributed by atoms with Crippen molar-refractivity contribution in [2.24, 2.45) is 17.7 Å². The molecule has 0 aromatic carbocycles. The van der Waals surface area contributed by atoms with Crippen LogP contribution in [-0.2, 0) is 4.74 Å². The van der Waals surface area contributed by atoms with E-state index in [-0.39, 0.29) is 0 Å². The third-order valence-electron chi connectivity index (χ3n) is 5.18. The molecule has 2 fully saturated rings. The molecule has 0 aromatic heterocycles. The highest BCUT2D eigenvalue weighted by atomic mass is 16.5. The van der Waals surface area contributed by atoms with E-state index in [2.05, 4.69) is 12.3 Å². The van der Waals surface area contributed by atoms with Crippen molar-refractivity contribution in [3.8, 4) is 0 Å². The van der Waals surface area contributed by atoms with Crippen LogP contribution >= 0.6 is 0 Å². The number of hydrazine groups is 1. The van der Waals surface area contributed by atoms with E-state index in [0.29, 0.717) is 12.1 Å². The largest absolute Gasteiger partial charge is 0.377 e. The van der Waals surface area contributed by atoms with E-state index in [1.807, 2.05) is 0 Å². The van der Waals surface area contributed by atoms with E-state index in [9.17, 15) is 0 Å². The molecule has 0 spiro atoms. The third-order valence-corrected chi connectivity index (χ3v) is 5.18. The average Bonchev–Trinajstić information content (AvgIpc) is 2.49. The van der Waals surface area contributed by atoms with Crippen molar-refractivity contribution in [3.63, 3.8) is 0 Å². The van der Waals surface area contributed by atoms with Gasteiger partial charge in [0.05, 0.1) is 12.1 Å². The van der Waals surface area contributed by atoms with Crippen LogP contribution in [0.1, 0.15) is 71.1 Å². The van der Waals surface area contributed by atoms with E-state index in [0.717, 1.165) is 18.4 Å². The first kappa shape index (κ1) is 15.3. The number of nitrogens with two attached hydrogens (primary N) is 1. The molecule has 0 aromatic rings. The van der Waals surface area contributed by atoms with Gasteiger partial charge in [0.25, 0.3) is 0 Å². The molecule has 0 amide bonds. The minimum Gasteiger partial charge on any atom is -0.377 e. The fourth-order valence-corrected chi connectivity index (χ4v) is 4.18. The van der Waals surface area contributed by atoms with Gasteiger partial charge in [0.2, 0.25) is 0 Å². The van der Waals surface area contributed by atoms with Crippen molar-refractivity contribution in [1.82, 2.24) is 5.43 Å². The lowest BCUT2D eigenvalue weighted by Crippen LogP contribution is -2.53. The summed E-state index contributed by atoms with van der Waals surface area (Å²) in [5.41, 5.74) is 3.13. The van der Waals surface area contributed by atoms with Gasteiger partial charge in [0, 0.05) is 6.61 Å². The van der Waals surface area contributed by atoms with Gasteiger partial charge >= 0.3 is 0 Å². The summed E-state index contributed by atoms with van der Waals surface area (Å²) in [5, 5.41) is 0. The second kappa shape index (κ2) is 8.23. The first-order chi connectivity index (χ1) is 9.36. The topological polar surface area (TPSA) is 47.3 Å². The molecule has 112 valence electrons. The van der Waals surface area contributed by atoms with Gasteiger partial charge in [-0.3, -0.25) is 11.3 Å². The number of nitrogens with one attached hydrogen (secondary N) is 1. The van der Waals surface area contributed by atoms with Crippen molar-refractivity contribution in [2.75, 3.05) is 6.61 Å². The summed E-state index contributed by atoms with van der Waals surface area (Å²) < 4.78 is 6.15. The Morgan fingerprint density at radius 1 is 0.947 bits per heavy atom. The molecule has 0 heterocycles. The van der Waals surface area contributed by atoms with Gasteiger partial charge < -0.3 is 4.74 Å². The third kappa shape index (κ3) is 4.17. The van der Waals surface area contributed by atoms with Crippen molar-refractivity contribution < 1.29 is 4.74 Å². The quantitative estimate of drug-likeness (QED) is 0.573. The summed E-state index contributed by atoms with van der Waals surface area (Å²) in [6.45, 7) is 2.93. The van der Waals surface area contributed by atoms with E-state index in [1.165, 1.54) is 64.2 Å². The zero-order valence-corrected chi connectivity index (χ0v) is 12.6. The lowest BCUT2D eigenvalue weighted by Gasteiger charge is -2.40. The predicted molar refractivity (Wildman–Crippen MR) is 79.7 cm³/mol. The molecule has 0 aliphatic heterocycles. The molecule has 3 nitrogen and oxygen atoms in total. The Bertz CT molecular complexity index is 235. The zero-order valence-electron chi connectivity index (χ0n) is 12.6. The standard InChI is InChI=1S/C16H32N2O/c1-2-19-16(14-11-7-4-8-12-14)15(18-17)13-9-5-3-6-10-13/h13-16,18H,2-12,17H2,1H3. The summed E-state index contributed by atoms with van der Waals surface area (Å²) in [6.07, 6.45) is 13.9. The second-order valence-corrected chi connectivity index (χ2v) is 6.41. The second-order valence-electron chi connectivity index (χ2n) is 6.41. The molecule has 3 N–H and O–H groups in total. The number of hydrogen-bond acceptors (Lipinski definition) is 3. The van der Waals surface area contributed by atoms with Gasteiger partial charge in [0.1, 0.15) is 0 Å². The van der Waals surface area contributed by atoms with Crippen LogP contribution in [0, 0.1) is 11.8 Å². The maximum absolute atomic E-state index is 6.15. The fourth-order valence-electron chi connectivity index (χ4n) is 4.18. The maximum atomic E-state index is 6.15. The lowest BCUT2D eigenvalue weighted by molar-refractivity contribution is -0.0355. The van der Waals surface area contributed by atoms with Gasteiger partial charge in [-0.25, -0.2) is 0 Å². The fraction of sp³-hybridized carbons (Fsp3) is 1.00. The Labute approximate surface area is 118 Å². The van der Waals surface area contributed by atoms with Crippen molar-refractivity contribution in [2.45, 2.75) is 83.3 Å². The van der Waals surface area contributed by atoms with Crippen molar-refractivity contribution in [3.05, 3.63) is 0 Å². The van der Waals surface area contributed by atoms with Crippen LogP contribution in [0.4, 0.5) is 0 Å². The van der Waals surface area contributed by atoms with Gasteiger partial charge in [-0.15, -0.1) is 0 Å². The van der Waals surface area contributed by atoms with Gasteiger partial charge in [0.15, 0.2) is 0 Å². The summed E-state index contributed by atoms with van der Waals surface area (Å²) in [4.78, 5) is 0. The van der Waals surface area contributed by atoms with Gasteiger partial charge in [-0.05, 0) is 44.4 Å². The smallest absolute Gasteiger partial charge is 0.0772 e. The molecule has 2 atom stereocenters. The molecule has 3 heteroatoms. The van der Waals surface area contributed by atoms with Crippen molar-refractivity contribution in [1.29, 1.82) is 0 Å². The molecule has 0 radical (unpaired) electrons. The van der Waals surface area contributed by atoms with Crippen LogP contribution in [0.3, 0.4) is 0 Å². The normalized spacial score (nSPS) is 26.2. The maximum Gasteiger partial charge on any atom is 0.0772 e. The van der Waals surface area contributed by atoms with E-state index in [1.54, 1.807) is 0 Å². The SMILES string of the molecule is CCOC(C1CCCCC1)C(NN)C1CCCCC1. The highest BCUT2D eigenvalue weighted by Crippen LogP contribution is 2.35. The molecule has 2 saturated carbocycles. The Kier molecular flexibility index (Phi) is 6.62. The van der Waals surface area contributed by atoms with E-state index >= 15 is 0 Å². The Morgan fingerprint density at radius 2 is 1.47 bits per heavy atom. The predicted octanol–water partition coefficient (Wildman–Crippen LogP) is 3.38. The Balaban J connectivity index is 2.00. The molecule has 0 bridgehead atoms. The Morgan fingerprint density at radius 3 is 1.95 bits per heavy atom. The highest BCUT2D eigenvalue weighted by Gasteiger charge is 2.35.